The van der Waals surface area contributed by atoms with Crippen LogP contribution in [-0.4, -0.2) is 25.4 Å². The summed E-state index contributed by atoms with van der Waals surface area (Å²) in [6.45, 7) is 21.4. The van der Waals surface area contributed by atoms with E-state index in [9.17, 15) is 0 Å². The van der Waals surface area contributed by atoms with Crippen molar-refractivity contribution in [3.63, 3.8) is 0 Å². The van der Waals surface area contributed by atoms with E-state index in [-0.39, 0.29) is 42.5 Å². The predicted octanol–water partition coefficient (Wildman–Crippen LogP) is 6.61. The van der Waals surface area contributed by atoms with Gasteiger partial charge < -0.3 is 17.2 Å². The first kappa shape index (κ1) is 32.0. The maximum Gasteiger partial charge on any atom is 4.00 e. The first-order valence-electron chi connectivity index (χ1n) is 8.27. The van der Waals surface area contributed by atoms with E-state index in [1.54, 1.807) is 5.19 Å². The third-order valence-electron chi connectivity index (χ3n) is 1.36. The molecule has 0 radical (unpaired) electrons. The molecule has 1 rings (SSSR count). The standard InChI is InChI=1S/C7H11Si.3C4H10N.Hf/c1-8(2)7-5-3-4-6-7;3*1-4(2,3)5;/h3-6,8H,1-2H3;3*5H,1-3H3;/q4*-1;+4. The summed E-state index contributed by atoms with van der Waals surface area (Å²) in [7, 11) is -0.480. The van der Waals surface area contributed by atoms with Gasteiger partial charge in [-0.25, -0.2) is 12.1 Å². The average molecular weight is 518 g/mol. The molecule has 0 heterocycles. The molecule has 0 aliphatic rings. The molecule has 1 aromatic rings. The van der Waals surface area contributed by atoms with E-state index in [1.165, 1.54) is 0 Å². The zero-order chi connectivity index (χ0) is 19.5. The summed E-state index contributed by atoms with van der Waals surface area (Å²) in [5.41, 5.74) is 20.1. The van der Waals surface area contributed by atoms with Crippen molar-refractivity contribution in [3.8, 4) is 0 Å². The zero-order valence-electron chi connectivity index (χ0n) is 17.9. The average Bonchev–Trinajstić information content (AvgIpc) is 2.59. The van der Waals surface area contributed by atoms with Gasteiger partial charge in [0.1, 0.15) is 0 Å². The molecule has 0 aliphatic carbocycles. The molecule has 24 heavy (non-hydrogen) atoms. The van der Waals surface area contributed by atoms with Gasteiger partial charge in [-0.3, -0.25) is 0 Å². The Labute approximate surface area is 172 Å². The summed E-state index contributed by atoms with van der Waals surface area (Å²) >= 11 is 0. The zero-order valence-corrected chi connectivity index (χ0v) is 22.6. The number of hydrogen-bond acceptors (Lipinski definition) is 0. The summed E-state index contributed by atoms with van der Waals surface area (Å²) in [6.07, 6.45) is 0. The van der Waals surface area contributed by atoms with Crippen LogP contribution in [0, 0.1) is 0 Å². The van der Waals surface area contributed by atoms with Gasteiger partial charge in [-0.2, -0.15) is 17.3 Å². The minimum absolute atomic E-state index is 0. The molecule has 0 saturated heterocycles. The molecule has 1 aromatic carbocycles. The fourth-order valence-corrected chi connectivity index (χ4v) is 1.77. The molecule has 140 valence electrons. The van der Waals surface area contributed by atoms with Crippen molar-refractivity contribution in [2.75, 3.05) is 0 Å². The van der Waals surface area contributed by atoms with Gasteiger partial charge in [0.15, 0.2) is 0 Å². The third kappa shape index (κ3) is 79.2. The van der Waals surface area contributed by atoms with Crippen molar-refractivity contribution < 1.29 is 25.8 Å². The molecule has 0 fully saturated rings. The van der Waals surface area contributed by atoms with Crippen LogP contribution >= 0.6 is 0 Å². The molecule has 0 bridgehead atoms. The fourth-order valence-electron chi connectivity index (χ4n) is 0.774. The molecule has 0 saturated carbocycles. The van der Waals surface area contributed by atoms with Crippen molar-refractivity contribution in [1.29, 1.82) is 0 Å². The number of hydrogen-bond donors (Lipinski definition) is 0. The topological polar surface area (TPSA) is 71.4 Å². The SMILES string of the molecule is CC(C)(C)[NH-].CC(C)(C)[NH-].CC(C)(C)[NH-].C[SiH](C)[c-]1cccc1.[Hf+4]. The van der Waals surface area contributed by atoms with Crippen LogP contribution in [0.15, 0.2) is 24.3 Å². The first-order valence-corrected chi connectivity index (χ1v) is 11.2. The largest absolute Gasteiger partial charge is 4.00 e. The van der Waals surface area contributed by atoms with Gasteiger partial charge >= 0.3 is 25.8 Å². The second-order valence-electron chi connectivity index (χ2n) is 9.12. The van der Waals surface area contributed by atoms with Crippen molar-refractivity contribution in [2.24, 2.45) is 0 Å². The smallest absolute Gasteiger partial charge is 0.673 e. The maximum atomic E-state index is 6.94. The van der Waals surface area contributed by atoms with Crippen LogP contribution in [0.25, 0.3) is 17.2 Å². The molecule has 5 heteroatoms. The Morgan fingerprint density at radius 2 is 0.792 bits per heavy atom. The van der Waals surface area contributed by atoms with Crippen molar-refractivity contribution in [1.82, 2.24) is 0 Å². The first-order chi connectivity index (χ1) is 9.80. The molecule has 0 unspecified atom stereocenters. The Morgan fingerprint density at radius 1 is 0.625 bits per heavy atom. The molecule has 0 aromatic heterocycles. The van der Waals surface area contributed by atoms with E-state index in [0.29, 0.717) is 0 Å². The van der Waals surface area contributed by atoms with E-state index in [2.05, 4.69) is 37.4 Å². The van der Waals surface area contributed by atoms with E-state index < -0.39 is 8.80 Å². The Hall–Kier alpha value is 0.317. The van der Waals surface area contributed by atoms with Crippen molar-refractivity contribution >= 4 is 14.0 Å². The second-order valence-corrected chi connectivity index (χ2v) is 12.1. The Kier molecular flexibility index (Phi) is 19.3. The monoisotopic (exact) mass is 519 g/mol. The van der Waals surface area contributed by atoms with Crippen LogP contribution in [0.5, 0.6) is 0 Å². The molecule has 0 aliphatic heterocycles. The molecule has 0 spiro atoms. The van der Waals surface area contributed by atoms with Crippen molar-refractivity contribution in [2.45, 2.75) is 92.0 Å². The minimum atomic E-state index is -0.480. The van der Waals surface area contributed by atoms with Gasteiger partial charge in [-0.15, -0.1) is 16.6 Å². The molecule has 0 atom stereocenters. The maximum absolute atomic E-state index is 6.94. The Bertz CT molecular complexity index is 309. The predicted molar refractivity (Wildman–Crippen MR) is 113 cm³/mol. The molecule has 3 N–H and O–H groups in total. The van der Waals surface area contributed by atoms with Crippen LogP contribution in [0.3, 0.4) is 0 Å². The van der Waals surface area contributed by atoms with Gasteiger partial charge in [0.05, 0.1) is 0 Å². The van der Waals surface area contributed by atoms with E-state index >= 15 is 0 Å². The van der Waals surface area contributed by atoms with Crippen molar-refractivity contribution in [3.05, 3.63) is 41.5 Å². The summed E-state index contributed by atoms with van der Waals surface area (Å²) in [5.74, 6) is 0. The number of rotatable bonds is 1. The van der Waals surface area contributed by atoms with Crippen LogP contribution in [-0.2, 0) is 25.8 Å². The van der Waals surface area contributed by atoms with E-state index in [1.807, 2.05) is 62.3 Å². The summed E-state index contributed by atoms with van der Waals surface area (Å²) in [5, 5.41) is 1.57. The Morgan fingerprint density at radius 3 is 0.875 bits per heavy atom. The third-order valence-corrected chi connectivity index (χ3v) is 3.07. The van der Waals surface area contributed by atoms with Crippen LogP contribution in [0.2, 0.25) is 13.1 Å². The minimum Gasteiger partial charge on any atom is -0.673 e. The summed E-state index contributed by atoms with van der Waals surface area (Å²) in [6, 6.07) is 8.67. The van der Waals surface area contributed by atoms with Gasteiger partial charge in [0, 0.05) is 8.80 Å². The summed E-state index contributed by atoms with van der Waals surface area (Å²) < 4.78 is 0. The number of nitrogens with one attached hydrogen (secondary N) is 3. The summed E-state index contributed by atoms with van der Waals surface area (Å²) in [4.78, 5) is 0. The molecular weight excluding hydrogens is 477 g/mol. The Balaban J connectivity index is -0.000000113. The van der Waals surface area contributed by atoms with Gasteiger partial charge in [0.2, 0.25) is 0 Å². The van der Waals surface area contributed by atoms with Gasteiger partial charge in [0.25, 0.3) is 0 Å². The molecular formula is C19H41HfN3Si. The van der Waals surface area contributed by atoms with E-state index in [0.717, 1.165) is 0 Å². The van der Waals surface area contributed by atoms with Crippen LogP contribution in [0.1, 0.15) is 62.3 Å². The van der Waals surface area contributed by atoms with Crippen LogP contribution < -0.4 is 5.19 Å². The quantitative estimate of drug-likeness (QED) is 0.297. The fraction of sp³-hybridized carbons (Fsp3) is 0.737. The normalized spacial score (nSPS) is 11.0. The van der Waals surface area contributed by atoms with E-state index in [4.69, 9.17) is 17.2 Å². The molecule has 0 amide bonds. The molecule has 3 nitrogen and oxygen atoms in total. The van der Waals surface area contributed by atoms with Gasteiger partial charge in [-0.1, -0.05) is 75.4 Å². The second kappa shape index (κ2) is 14.5. The van der Waals surface area contributed by atoms with Gasteiger partial charge in [-0.05, 0) is 0 Å². The van der Waals surface area contributed by atoms with Crippen LogP contribution in [0.4, 0.5) is 0 Å².